The summed E-state index contributed by atoms with van der Waals surface area (Å²) in [5.41, 5.74) is 4.23. The van der Waals surface area contributed by atoms with Gasteiger partial charge in [-0.3, -0.25) is 14.4 Å². The van der Waals surface area contributed by atoms with E-state index in [0.717, 1.165) is 21.6 Å². The molecule has 1 unspecified atom stereocenters. The minimum absolute atomic E-state index is 0.0896. The smallest absolute Gasteiger partial charge is 0.272 e. The zero-order chi connectivity index (χ0) is 32.5. The van der Waals surface area contributed by atoms with Gasteiger partial charge in [-0.25, -0.2) is 9.37 Å². The second-order valence-corrected chi connectivity index (χ2v) is 12.5. The van der Waals surface area contributed by atoms with Gasteiger partial charge in [-0.15, -0.1) is 23.1 Å². The number of carbonyl (C=O) groups is 3. The van der Waals surface area contributed by atoms with Crippen LogP contribution in [0.4, 0.5) is 15.2 Å². The van der Waals surface area contributed by atoms with E-state index < -0.39 is 17.1 Å². The van der Waals surface area contributed by atoms with Crippen LogP contribution in [0, 0.1) is 12.7 Å². The van der Waals surface area contributed by atoms with Crippen molar-refractivity contribution in [2.75, 3.05) is 10.6 Å². The van der Waals surface area contributed by atoms with Crippen molar-refractivity contribution in [2.24, 2.45) is 0 Å². The Bertz CT molecular complexity index is 1870. The molecule has 7 nitrogen and oxygen atoms in total. The number of nitrogens with one attached hydrogen (secondary N) is 3. The molecule has 5 rings (SSSR count). The van der Waals surface area contributed by atoms with Crippen LogP contribution >= 0.6 is 23.1 Å². The molecular weight excluding hydrogens is 620 g/mol. The lowest BCUT2D eigenvalue weighted by molar-refractivity contribution is -0.116. The lowest BCUT2D eigenvalue weighted by Crippen LogP contribution is -2.30. The normalized spacial score (nSPS) is 11.8. The first-order valence-corrected chi connectivity index (χ1v) is 16.3. The summed E-state index contributed by atoms with van der Waals surface area (Å²) in [7, 11) is 0. The van der Waals surface area contributed by atoms with Crippen LogP contribution in [0.25, 0.3) is 17.3 Å². The van der Waals surface area contributed by atoms with Gasteiger partial charge in [0.25, 0.3) is 11.8 Å². The SMILES string of the molecule is CCC(Sc1cccc(NC(=O)/C(=C\c2cccc(C)c2)NC(=O)c2ccccc2)c1)C(=O)Nc1nc(-c2ccc(F)cc2)cs1. The van der Waals surface area contributed by atoms with Gasteiger partial charge in [-0.05, 0) is 79.6 Å². The zero-order valence-corrected chi connectivity index (χ0v) is 26.8. The molecule has 0 fully saturated rings. The molecule has 3 amide bonds. The fourth-order valence-electron chi connectivity index (χ4n) is 4.47. The van der Waals surface area contributed by atoms with Crippen molar-refractivity contribution < 1.29 is 18.8 Å². The van der Waals surface area contributed by atoms with Crippen molar-refractivity contribution in [3.05, 3.63) is 137 Å². The predicted octanol–water partition coefficient (Wildman–Crippen LogP) is 8.18. The molecule has 0 bridgehead atoms. The van der Waals surface area contributed by atoms with Crippen molar-refractivity contribution in [1.29, 1.82) is 0 Å². The number of nitrogens with zero attached hydrogens (tertiary/aromatic N) is 1. The van der Waals surface area contributed by atoms with Crippen LogP contribution in [0.15, 0.2) is 119 Å². The topological polar surface area (TPSA) is 100 Å². The fourth-order valence-corrected chi connectivity index (χ4v) is 6.21. The molecular formula is C36H31FN4O3S2. The third kappa shape index (κ3) is 8.77. The van der Waals surface area contributed by atoms with Gasteiger partial charge in [0.05, 0.1) is 10.9 Å². The summed E-state index contributed by atoms with van der Waals surface area (Å²) in [6, 6.07) is 29.5. The Balaban J connectivity index is 1.27. The second kappa shape index (κ2) is 15.3. The minimum atomic E-state index is -0.488. The number of thiazole rings is 1. The maximum Gasteiger partial charge on any atom is 0.272 e. The van der Waals surface area contributed by atoms with Crippen molar-refractivity contribution in [3.63, 3.8) is 0 Å². The molecule has 0 aliphatic rings. The molecule has 10 heteroatoms. The highest BCUT2D eigenvalue weighted by atomic mass is 32.2. The van der Waals surface area contributed by atoms with E-state index in [2.05, 4.69) is 20.9 Å². The lowest BCUT2D eigenvalue weighted by atomic mass is 10.1. The van der Waals surface area contributed by atoms with Gasteiger partial charge in [0, 0.05) is 27.1 Å². The number of halogens is 1. The molecule has 46 heavy (non-hydrogen) atoms. The number of aromatic nitrogens is 1. The van der Waals surface area contributed by atoms with E-state index in [1.54, 1.807) is 60.7 Å². The zero-order valence-electron chi connectivity index (χ0n) is 25.1. The van der Waals surface area contributed by atoms with E-state index >= 15 is 0 Å². The van der Waals surface area contributed by atoms with Gasteiger partial charge < -0.3 is 16.0 Å². The molecule has 232 valence electrons. The quantitative estimate of drug-likeness (QED) is 0.0989. The highest BCUT2D eigenvalue weighted by Crippen LogP contribution is 2.30. The van der Waals surface area contributed by atoms with Crippen molar-refractivity contribution in [3.8, 4) is 11.3 Å². The number of aryl methyl sites for hydroxylation is 1. The van der Waals surface area contributed by atoms with E-state index in [1.165, 1.54) is 35.2 Å². The Morgan fingerprint density at radius 1 is 0.913 bits per heavy atom. The van der Waals surface area contributed by atoms with E-state index in [4.69, 9.17) is 0 Å². The average Bonchev–Trinajstić information content (AvgIpc) is 3.52. The summed E-state index contributed by atoms with van der Waals surface area (Å²) in [5.74, 6) is -1.42. The largest absolute Gasteiger partial charge is 0.321 e. The van der Waals surface area contributed by atoms with Gasteiger partial charge in [0.15, 0.2) is 5.13 Å². The summed E-state index contributed by atoms with van der Waals surface area (Å²) in [4.78, 5) is 44.9. The maximum atomic E-state index is 13.5. The Kier molecular flexibility index (Phi) is 10.7. The van der Waals surface area contributed by atoms with E-state index in [1.807, 2.05) is 55.6 Å². The van der Waals surface area contributed by atoms with Crippen LogP contribution < -0.4 is 16.0 Å². The molecule has 0 saturated heterocycles. The predicted molar refractivity (Wildman–Crippen MR) is 184 cm³/mol. The van der Waals surface area contributed by atoms with Crippen LogP contribution in [0.1, 0.15) is 34.8 Å². The molecule has 4 aromatic carbocycles. The number of hydrogen-bond acceptors (Lipinski definition) is 6. The van der Waals surface area contributed by atoms with Gasteiger partial charge >= 0.3 is 0 Å². The summed E-state index contributed by atoms with van der Waals surface area (Å²) >= 11 is 2.67. The van der Waals surface area contributed by atoms with Gasteiger partial charge in [-0.1, -0.05) is 61.0 Å². The number of rotatable bonds is 11. The van der Waals surface area contributed by atoms with Gasteiger partial charge in [0.2, 0.25) is 5.91 Å². The summed E-state index contributed by atoms with van der Waals surface area (Å²) < 4.78 is 13.3. The number of anilines is 2. The van der Waals surface area contributed by atoms with Gasteiger partial charge in [0.1, 0.15) is 11.5 Å². The number of thioether (sulfide) groups is 1. The Morgan fingerprint density at radius 2 is 1.67 bits per heavy atom. The standard InChI is InChI=1S/C36H31FN4O3S2/c1-3-32(35(44)41-36-40-31(22-45-36)25-15-17-27(37)18-16-25)46-29-14-8-13-28(21-29)38-34(43)30(20-24-10-7-9-23(2)19-24)39-33(42)26-11-5-4-6-12-26/h4-22,32H,3H2,1-2H3,(H,38,43)(H,39,42)(H,40,41,44)/b30-20+. The molecule has 3 N–H and O–H groups in total. The Labute approximate surface area is 275 Å². The van der Waals surface area contributed by atoms with Crippen LogP contribution in [0.2, 0.25) is 0 Å². The summed E-state index contributed by atoms with van der Waals surface area (Å²) in [6.45, 7) is 3.88. The lowest BCUT2D eigenvalue weighted by Gasteiger charge is -2.15. The Hall–Kier alpha value is -5.06. The van der Waals surface area contributed by atoms with Gasteiger partial charge in [-0.2, -0.15) is 0 Å². The first kappa shape index (κ1) is 32.3. The van der Waals surface area contributed by atoms with E-state index in [-0.39, 0.29) is 17.4 Å². The monoisotopic (exact) mass is 650 g/mol. The van der Waals surface area contributed by atoms with E-state index in [9.17, 15) is 18.8 Å². The first-order chi connectivity index (χ1) is 22.3. The first-order valence-electron chi connectivity index (χ1n) is 14.5. The maximum absolute atomic E-state index is 13.5. The molecule has 1 heterocycles. The summed E-state index contributed by atoms with van der Waals surface area (Å²) in [5, 5.41) is 10.4. The van der Waals surface area contributed by atoms with Crippen molar-refractivity contribution >= 4 is 57.7 Å². The molecule has 1 atom stereocenters. The number of hydrogen-bond donors (Lipinski definition) is 3. The minimum Gasteiger partial charge on any atom is -0.321 e. The molecule has 0 aliphatic carbocycles. The molecule has 5 aromatic rings. The van der Waals surface area contributed by atoms with Crippen LogP contribution in [-0.2, 0) is 9.59 Å². The molecule has 0 spiro atoms. The number of amides is 3. The van der Waals surface area contributed by atoms with Crippen molar-refractivity contribution in [1.82, 2.24) is 10.3 Å². The fraction of sp³-hybridized carbons (Fsp3) is 0.111. The molecule has 0 aliphatic heterocycles. The van der Waals surface area contributed by atoms with Crippen LogP contribution in [0.5, 0.6) is 0 Å². The average molecular weight is 651 g/mol. The van der Waals surface area contributed by atoms with Crippen LogP contribution in [0.3, 0.4) is 0 Å². The number of benzene rings is 4. The van der Waals surface area contributed by atoms with Crippen molar-refractivity contribution in [2.45, 2.75) is 30.4 Å². The third-order valence-electron chi connectivity index (χ3n) is 6.79. The summed E-state index contributed by atoms with van der Waals surface area (Å²) in [6.07, 6.45) is 2.19. The highest BCUT2D eigenvalue weighted by molar-refractivity contribution is 8.00. The molecule has 0 radical (unpaired) electrons. The number of carbonyl (C=O) groups excluding carboxylic acids is 3. The molecule has 1 aromatic heterocycles. The van der Waals surface area contributed by atoms with E-state index in [0.29, 0.717) is 28.5 Å². The van der Waals surface area contributed by atoms with Crippen LogP contribution in [-0.4, -0.2) is 28.0 Å². The third-order valence-corrected chi connectivity index (χ3v) is 8.91. The Morgan fingerprint density at radius 3 is 2.41 bits per heavy atom. The second-order valence-electron chi connectivity index (χ2n) is 10.3. The molecule has 0 saturated carbocycles. The highest BCUT2D eigenvalue weighted by Gasteiger charge is 2.21.